The molecule has 5 heteroatoms. The van der Waals surface area contributed by atoms with Crippen LogP contribution in [0, 0.1) is 0 Å². The van der Waals surface area contributed by atoms with E-state index in [4.69, 9.17) is 22.1 Å². The Kier molecular flexibility index (Phi) is 5.65. The summed E-state index contributed by atoms with van der Waals surface area (Å²) in [5.74, 6) is -0.375. The molecule has 1 saturated heterocycles. The predicted octanol–water partition coefficient (Wildman–Crippen LogP) is 2.59. The molecule has 1 fully saturated rings. The van der Waals surface area contributed by atoms with Gasteiger partial charge in [-0.1, -0.05) is 44.2 Å². The zero-order chi connectivity index (χ0) is 16.2. The van der Waals surface area contributed by atoms with Crippen molar-refractivity contribution in [1.82, 2.24) is 0 Å². The number of ether oxygens (including phenoxy) is 3. The third-order valence-electron chi connectivity index (χ3n) is 4.28. The number of carbonyl (C=O) groups excluding carboxylic acids is 1. The lowest BCUT2D eigenvalue weighted by molar-refractivity contribution is -0.156. The maximum Gasteiger partial charge on any atom is 0.303 e. The Morgan fingerprint density at radius 1 is 1.27 bits per heavy atom. The van der Waals surface area contributed by atoms with Crippen LogP contribution in [0.3, 0.4) is 0 Å². The lowest BCUT2D eigenvalue weighted by Crippen LogP contribution is -2.45. The van der Waals surface area contributed by atoms with Gasteiger partial charge in [-0.05, 0) is 18.4 Å². The van der Waals surface area contributed by atoms with Crippen LogP contribution in [0.25, 0.3) is 0 Å². The number of hydrogen-bond acceptors (Lipinski definition) is 4. The van der Waals surface area contributed by atoms with Crippen LogP contribution in [0.2, 0.25) is 0 Å². The molecule has 1 aromatic carbocycles. The van der Waals surface area contributed by atoms with E-state index in [1.165, 1.54) is 6.92 Å². The highest BCUT2D eigenvalue weighted by Crippen LogP contribution is 2.39. The fourth-order valence-electron chi connectivity index (χ4n) is 3.02. The van der Waals surface area contributed by atoms with Crippen molar-refractivity contribution in [2.24, 2.45) is 0 Å². The van der Waals surface area contributed by atoms with Crippen LogP contribution in [-0.4, -0.2) is 37.6 Å². The van der Waals surface area contributed by atoms with E-state index in [0.29, 0.717) is 6.61 Å². The quantitative estimate of drug-likeness (QED) is 0.598. The van der Waals surface area contributed by atoms with Gasteiger partial charge in [0.15, 0.2) is 0 Å². The van der Waals surface area contributed by atoms with Gasteiger partial charge in [-0.3, -0.25) is 4.79 Å². The van der Waals surface area contributed by atoms with E-state index in [-0.39, 0.29) is 12.1 Å². The molecule has 22 heavy (non-hydrogen) atoms. The van der Waals surface area contributed by atoms with Crippen LogP contribution >= 0.6 is 0 Å². The molecule has 0 saturated carbocycles. The molecule has 0 aromatic heterocycles. The van der Waals surface area contributed by atoms with E-state index < -0.39 is 17.7 Å². The number of esters is 1. The molecule has 2 radical (unpaired) electrons. The first-order valence-corrected chi connectivity index (χ1v) is 7.78. The number of benzene rings is 1. The topological polar surface area (TPSA) is 44.8 Å². The fraction of sp³-hybridized carbons (Fsp3) is 0.588. The molecule has 0 unspecified atom stereocenters. The molecule has 0 bridgehead atoms. The number of hydrogen-bond donors (Lipinski definition) is 0. The van der Waals surface area contributed by atoms with Gasteiger partial charge in [0.2, 0.25) is 0 Å². The lowest BCUT2D eigenvalue weighted by Gasteiger charge is -2.33. The SMILES string of the molecule is [B][C@@H]1OC(CC)(CC)[C@@H](OCc2ccccc2)[C@H]1OC(C)=O. The van der Waals surface area contributed by atoms with E-state index in [9.17, 15) is 4.79 Å². The van der Waals surface area contributed by atoms with Gasteiger partial charge in [-0.2, -0.15) is 0 Å². The molecule has 1 heterocycles. The second-order valence-corrected chi connectivity index (χ2v) is 5.65. The van der Waals surface area contributed by atoms with Crippen molar-refractivity contribution in [3.8, 4) is 0 Å². The minimum atomic E-state index is -0.662. The van der Waals surface area contributed by atoms with E-state index in [0.717, 1.165) is 18.4 Å². The van der Waals surface area contributed by atoms with Gasteiger partial charge in [0, 0.05) is 6.92 Å². The Morgan fingerprint density at radius 3 is 2.45 bits per heavy atom. The summed E-state index contributed by atoms with van der Waals surface area (Å²) in [5.41, 5.74) is 0.541. The highest BCUT2D eigenvalue weighted by molar-refractivity contribution is 6.11. The smallest absolute Gasteiger partial charge is 0.303 e. The summed E-state index contributed by atoms with van der Waals surface area (Å²) in [6.45, 7) is 5.87. The first-order valence-electron chi connectivity index (χ1n) is 7.78. The van der Waals surface area contributed by atoms with Gasteiger partial charge in [0.1, 0.15) is 20.1 Å². The zero-order valence-corrected chi connectivity index (χ0v) is 13.5. The largest absolute Gasteiger partial charge is 0.458 e. The Hall–Kier alpha value is -1.33. The third-order valence-corrected chi connectivity index (χ3v) is 4.28. The summed E-state index contributed by atoms with van der Waals surface area (Å²) in [7, 11) is 6.03. The van der Waals surface area contributed by atoms with Gasteiger partial charge >= 0.3 is 5.97 Å². The summed E-state index contributed by atoms with van der Waals surface area (Å²) < 4.78 is 17.4. The molecule has 3 atom stereocenters. The Morgan fingerprint density at radius 2 is 1.91 bits per heavy atom. The predicted molar refractivity (Wildman–Crippen MR) is 84.5 cm³/mol. The van der Waals surface area contributed by atoms with Gasteiger partial charge in [0.25, 0.3) is 0 Å². The van der Waals surface area contributed by atoms with Crippen LogP contribution in [0.1, 0.15) is 39.2 Å². The lowest BCUT2D eigenvalue weighted by atomic mass is 9.86. The van der Waals surface area contributed by atoms with Crippen LogP contribution in [-0.2, 0) is 25.6 Å². The van der Waals surface area contributed by atoms with Crippen LogP contribution < -0.4 is 0 Å². The van der Waals surface area contributed by atoms with E-state index in [1.807, 2.05) is 44.2 Å². The van der Waals surface area contributed by atoms with Crippen molar-refractivity contribution in [2.45, 2.75) is 64.0 Å². The van der Waals surface area contributed by atoms with Gasteiger partial charge in [-0.15, -0.1) is 0 Å². The van der Waals surface area contributed by atoms with Gasteiger partial charge in [-0.25, -0.2) is 0 Å². The van der Waals surface area contributed by atoms with E-state index in [1.54, 1.807) is 0 Å². The highest BCUT2D eigenvalue weighted by atomic mass is 16.6. The second-order valence-electron chi connectivity index (χ2n) is 5.65. The molecule has 0 amide bonds. The summed E-state index contributed by atoms with van der Waals surface area (Å²) >= 11 is 0. The molecular formula is C17H23BO4. The zero-order valence-electron chi connectivity index (χ0n) is 13.5. The Bertz CT molecular complexity index is 487. The van der Waals surface area contributed by atoms with E-state index in [2.05, 4.69) is 0 Å². The molecule has 1 aromatic rings. The maximum absolute atomic E-state index is 11.4. The first-order chi connectivity index (χ1) is 10.5. The molecule has 1 aliphatic rings. The molecule has 0 aliphatic carbocycles. The van der Waals surface area contributed by atoms with Crippen molar-refractivity contribution in [3.63, 3.8) is 0 Å². The van der Waals surface area contributed by atoms with Crippen LogP contribution in [0.5, 0.6) is 0 Å². The van der Waals surface area contributed by atoms with Crippen molar-refractivity contribution in [3.05, 3.63) is 35.9 Å². The van der Waals surface area contributed by atoms with Crippen molar-refractivity contribution >= 4 is 13.8 Å². The minimum Gasteiger partial charge on any atom is -0.458 e. The fourth-order valence-corrected chi connectivity index (χ4v) is 3.02. The molecule has 1 aliphatic heterocycles. The average Bonchev–Trinajstić information content (AvgIpc) is 2.78. The van der Waals surface area contributed by atoms with Crippen molar-refractivity contribution in [2.75, 3.05) is 0 Å². The van der Waals surface area contributed by atoms with Crippen LogP contribution in [0.4, 0.5) is 0 Å². The number of carbonyl (C=O) groups is 1. The van der Waals surface area contributed by atoms with Crippen molar-refractivity contribution in [1.29, 1.82) is 0 Å². The second kappa shape index (κ2) is 7.29. The van der Waals surface area contributed by atoms with E-state index >= 15 is 0 Å². The third kappa shape index (κ3) is 3.53. The molecule has 118 valence electrons. The maximum atomic E-state index is 11.4. The first kappa shape index (κ1) is 17.0. The molecule has 0 spiro atoms. The normalized spacial score (nSPS) is 26.8. The molecule has 2 rings (SSSR count). The Labute approximate surface area is 133 Å². The van der Waals surface area contributed by atoms with Gasteiger partial charge < -0.3 is 14.2 Å². The molecule has 4 nitrogen and oxygen atoms in total. The highest BCUT2D eigenvalue weighted by Gasteiger charge is 2.53. The standard InChI is InChI=1S/C17H23BO4/c1-4-17(5-2)15(14(16(18)22-17)21-12(3)19)20-11-13-9-7-6-8-10-13/h6-10,14-16H,4-5,11H2,1-3H3/t14-,15+,16-/m1/s1. The molecule has 0 N–H and O–H groups in total. The minimum absolute atomic E-state index is 0.374. The summed E-state index contributed by atoms with van der Waals surface area (Å²) in [6.07, 6.45) is 0.533. The average molecular weight is 302 g/mol. The monoisotopic (exact) mass is 302 g/mol. The van der Waals surface area contributed by atoms with Gasteiger partial charge in [0.05, 0.1) is 18.2 Å². The summed E-state index contributed by atoms with van der Waals surface area (Å²) in [5, 5.41) is 0. The summed E-state index contributed by atoms with van der Waals surface area (Å²) in [4.78, 5) is 11.4. The van der Waals surface area contributed by atoms with Crippen LogP contribution in [0.15, 0.2) is 30.3 Å². The molecular weight excluding hydrogens is 279 g/mol. The van der Waals surface area contributed by atoms with Crippen molar-refractivity contribution < 1.29 is 19.0 Å². The number of rotatable bonds is 6. The summed E-state index contributed by atoms with van der Waals surface area (Å²) in [6, 6.07) is 9.22. The Balaban J connectivity index is 2.17.